The van der Waals surface area contributed by atoms with E-state index in [1.807, 2.05) is 24.4 Å². The largest absolute Gasteiger partial charge is 0.497 e. The number of methoxy groups -OCH3 is 1. The van der Waals surface area contributed by atoms with E-state index in [9.17, 15) is 0 Å². The lowest BCUT2D eigenvalue weighted by molar-refractivity contribution is 0.415. The number of benzene rings is 1. The van der Waals surface area contributed by atoms with Crippen LogP contribution in [0.3, 0.4) is 0 Å². The molecule has 18 heavy (non-hydrogen) atoms. The van der Waals surface area contributed by atoms with E-state index in [0.29, 0.717) is 6.04 Å². The Bertz CT molecular complexity index is 510. The van der Waals surface area contributed by atoms with Crippen LogP contribution < -0.4 is 10.1 Å². The third-order valence-electron chi connectivity index (χ3n) is 2.78. The van der Waals surface area contributed by atoms with Crippen molar-refractivity contribution in [3.8, 4) is 16.3 Å². The highest BCUT2D eigenvalue weighted by molar-refractivity contribution is 7.15. The normalized spacial score (nSPS) is 12.4. The van der Waals surface area contributed by atoms with E-state index < -0.39 is 0 Å². The first-order chi connectivity index (χ1) is 8.74. The summed E-state index contributed by atoms with van der Waals surface area (Å²) in [6.45, 7) is 5.24. The summed E-state index contributed by atoms with van der Waals surface area (Å²) in [6.07, 6.45) is 1.95. The second kappa shape index (κ2) is 5.98. The molecule has 0 radical (unpaired) electrons. The van der Waals surface area contributed by atoms with E-state index in [1.165, 1.54) is 4.88 Å². The van der Waals surface area contributed by atoms with Gasteiger partial charge in [-0.1, -0.05) is 19.1 Å². The van der Waals surface area contributed by atoms with Gasteiger partial charge in [0.05, 0.1) is 7.11 Å². The lowest BCUT2D eigenvalue weighted by Gasteiger charge is -2.08. The number of hydrogen-bond donors (Lipinski definition) is 1. The van der Waals surface area contributed by atoms with Gasteiger partial charge in [0.15, 0.2) is 0 Å². The molecule has 4 heteroatoms. The molecular weight excluding hydrogens is 244 g/mol. The smallest absolute Gasteiger partial charge is 0.123 e. The molecule has 2 aromatic rings. The standard InChI is InChI=1S/C14H18N2OS/c1-4-15-10(2)13-9-16-14(18-13)11-6-5-7-12(8-11)17-3/h5-10,15H,4H2,1-3H3. The number of nitrogens with zero attached hydrogens (tertiary/aromatic N) is 1. The predicted octanol–water partition coefficient (Wildman–Crippen LogP) is 3.49. The molecule has 0 aliphatic heterocycles. The number of aromatic nitrogens is 1. The summed E-state index contributed by atoms with van der Waals surface area (Å²) in [5.41, 5.74) is 1.11. The third kappa shape index (κ3) is 2.89. The summed E-state index contributed by atoms with van der Waals surface area (Å²) < 4.78 is 5.23. The maximum atomic E-state index is 5.23. The quantitative estimate of drug-likeness (QED) is 0.895. The van der Waals surface area contributed by atoms with Crippen molar-refractivity contribution in [1.29, 1.82) is 0 Å². The Balaban J connectivity index is 2.23. The van der Waals surface area contributed by atoms with Crippen LogP contribution in [-0.4, -0.2) is 18.6 Å². The van der Waals surface area contributed by atoms with Gasteiger partial charge in [-0.25, -0.2) is 4.98 Å². The van der Waals surface area contributed by atoms with Crippen molar-refractivity contribution in [3.63, 3.8) is 0 Å². The summed E-state index contributed by atoms with van der Waals surface area (Å²) in [7, 11) is 1.68. The molecule has 1 atom stereocenters. The minimum atomic E-state index is 0.354. The van der Waals surface area contributed by atoms with Crippen molar-refractivity contribution in [2.24, 2.45) is 0 Å². The Morgan fingerprint density at radius 3 is 3.00 bits per heavy atom. The van der Waals surface area contributed by atoms with Gasteiger partial charge in [0.2, 0.25) is 0 Å². The van der Waals surface area contributed by atoms with Crippen molar-refractivity contribution >= 4 is 11.3 Å². The average Bonchev–Trinajstić information content (AvgIpc) is 2.89. The van der Waals surface area contributed by atoms with Crippen LogP contribution in [0.15, 0.2) is 30.5 Å². The monoisotopic (exact) mass is 262 g/mol. The Hall–Kier alpha value is -1.39. The molecule has 0 saturated carbocycles. The van der Waals surface area contributed by atoms with Crippen LogP contribution in [0.25, 0.3) is 10.6 Å². The third-order valence-corrected chi connectivity index (χ3v) is 4.01. The van der Waals surface area contributed by atoms with Gasteiger partial charge in [-0.2, -0.15) is 0 Å². The molecule has 0 fully saturated rings. The molecule has 1 unspecified atom stereocenters. The molecule has 96 valence electrons. The van der Waals surface area contributed by atoms with Crippen molar-refractivity contribution in [2.45, 2.75) is 19.9 Å². The van der Waals surface area contributed by atoms with Gasteiger partial charge in [0, 0.05) is 22.7 Å². The van der Waals surface area contributed by atoms with Gasteiger partial charge in [-0.05, 0) is 25.6 Å². The average molecular weight is 262 g/mol. The van der Waals surface area contributed by atoms with Crippen LogP contribution in [0.2, 0.25) is 0 Å². The summed E-state index contributed by atoms with van der Waals surface area (Å²) in [4.78, 5) is 5.75. The molecule has 0 amide bonds. The molecule has 0 saturated heterocycles. The van der Waals surface area contributed by atoms with Gasteiger partial charge in [0.1, 0.15) is 10.8 Å². The van der Waals surface area contributed by atoms with Gasteiger partial charge < -0.3 is 10.1 Å². The first-order valence-corrected chi connectivity index (χ1v) is 6.89. The van der Waals surface area contributed by atoms with Crippen LogP contribution >= 0.6 is 11.3 Å². The molecule has 1 aromatic heterocycles. The van der Waals surface area contributed by atoms with Crippen LogP contribution in [-0.2, 0) is 0 Å². The van der Waals surface area contributed by atoms with Crippen molar-refractivity contribution in [1.82, 2.24) is 10.3 Å². The second-order valence-electron chi connectivity index (χ2n) is 4.08. The SMILES string of the molecule is CCNC(C)c1cnc(-c2cccc(OC)c2)s1. The Morgan fingerprint density at radius 2 is 2.28 bits per heavy atom. The van der Waals surface area contributed by atoms with E-state index >= 15 is 0 Å². The zero-order valence-corrected chi connectivity index (χ0v) is 11.8. The molecule has 0 aliphatic carbocycles. The highest BCUT2D eigenvalue weighted by atomic mass is 32.1. The fraction of sp³-hybridized carbons (Fsp3) is 0.357. The summed E-state index contributed by atoms with van der Waals surface area (Å²) in [5, 5.41) is 4.43. The zero-order chi connectivity index (χ0) is 13.0. The van der Waals surface area contributed by atoms with E-state index in [4.69, 9.17) is 4.74 Å². The topological polar surface area (TPSA) is 34.2 Å². The van der Waals surface area contributed by atoms with Crippen LogP contribution in [0.1, 0.15) is 24.8 Å². The van der Waals surface area contributed by atoms with Crippen LogP contribution in [0.5, 0.6) is 5.75 Å². The number of nitrogens with one attached hydrogen (secondary N) is 1. The second-order valence-corrected chi connectivity index (χ2v) is 5.14. The minimum absolute atomic E-state index is 0.354. The van der Waals surface area contributed by atoms with Crippen LogP contribution in [0, 0.1) is 0 Å². The van der Waals surface area contributed by atoms with E-state index in [0.717, 1.165) is 22.9 Å². The van der Waals surface area contributed by atoms with E-state index in [-0.39, 0.29) is 0 Å². The maximum absolute atomic E-state index is 5.23. The van der Waals surface area contributed by atoms with Gasteiger partial charge in [-0.3, -0.25) is 0 Å². The number of rotatable bonds is 5. The number of ether oxygens (including phenoxy) is 1. The molecule has 0 bridgehead atoms. The van der Waals surface area contributed by atoms with Gasteiger partial charge >= 0.3 is 0 Å². The molecule has 1 aromatic carbocycles. The first kappa shape index (κ1) is 13.1. The Morgan fingerprint density at radius 1 is 1.44 bits per heavy atom. The molecule has 2 rings (SSSR count). The number of hydrogen-bond acceptors (Lipinski definition) is 4. The molecule has 0 aliphatic rings. The van der Waals surface area contributed by atoms with Crippen molar-refractivity contribution in [3.05, 3.63) is 35.3 Å². The first-order valence-electron chi connectivity index (χ1n) is 6.08. The lowest BCUT2D eigenvalue weighted by atomic mass is 10.2. The maximum Gasteiger partial charge on any atom is 0.123 e. The van der Waals surface area contributed by atoms with E-state index in [2.05, 4.69) is 30.2 Å². The summed E-state index contributed by atoms with van der Waals surface area (Å²) in [5.74, 6) is 0.865. The molecule has 1 heterocycles. The predicted molar refractivity (Wildman–Crippen MR) is 76.2 cm³/mol. The minimum Gasteiger partial charge on any atom is -0.497 e. The molecule has 0 spiro atoms. The van der Waals surface area contributed by atoms with Crippen molar-refractivity contribution in [2.75, 3.05) is 13.7 Å². The highest BCUT2D eigenvalue weighted by Gasteiger charge is 2.10. The lowest BCUT2D eigenvalue weighted by Crippen LogP contribution is -2.16. The zero-order valence-electron chi connectivity index (χ0n) is 10.9. The molecule has 1 N–H and O–H groups in total. The Labute approximate surface area is 112 Å². The summed E-state index contributed by atoms with van der Waals surface area (Å²) >= 11 is 1.72. The van der Waals surface area contributed by atoms with Crippen LogP contribution in [0.4, 0.5) is 0 Å². The van der Waals surface area contributed by atoms with Gasteiger partial charge in [-0.15, -0.1) is 11.3 Å². The summed E-state index contributed by atoms with van der Waals surface area (Å²) in [6, 6.07) is 8.36. The molecular formula is C14H18N2OS. The number of thiazole rings is 1. The van der Waals surface area contributed by atoms with Gasteiger partial charge in [0.25, 0.3) is 0 Å². The fourth-order valence-electron chi connectivity index (χ4n) is 1.78. The van der Waals surface area contributed by atoms with E-state index in [1.54, 1.807) is 18.4 Å². The Kier molecular flexibility index (Phi) is 4.33. The fourth-order valence-corrected chi connectivity index (χ4v) is 2.72. The van der Waals surface area contributed by atoms with Crippen molar-refractivity contribution < 1.29 is 4.74 Å². The highest BCUT2D eigenvalue weighted by Crippen LogP contribution is 2.30. The molecule has 3 nitrogen and oxygen atoms in total.